The number of phenols is 1. The average Bonchev–Trinajstić information content (AvgIpc) is 2.69. The van der Waals surface area contributed by atoms with Gasteiger partial charge in [0, 0.05) is 17.7 Å². The minimum Gasteiger partial charge on any atom is -0.506 e. The number of rotatable bonds is 7. The molecule has 3 aromatic rings. The number of benzene rings is 3. The van der Waals surface area contributed by atoms with E-state index in [0.717, 1.165) is 5.56 Å². The van der Waals surface area contributed by atoms with Gasteiger partial charge < -0.3 is 15.2 Å². The van der Waals surface area contributed by atoms with Crippen LogP contribution in [0.5, 0.6) is 5.75 Å². The molecule has 0 saturated heterocycles. The van der Waals surface area contributed by atoms with Gasteiger partial charge in [0.15, 0.2) is 0 Å². The van der Waals surface area contributed by atoms with Gasteiger partial charge in [0.05, 0.1) is 22.9 Å². The lowest BCUT2D eigenvalue weighted by Gasteiger charge is -2.12. The fourth-order valence-corrected chi connectivity index (χ4v) is 3.98. The summed E-state index contributed by atoms with van der Waals surface area (Å²) in [7, 11) is -2.42. The smallest absolute Gasteiger partial charge is 0.261 e. The number of amides is 1. The molecule has 0 aliphatic heterocycles. The zero-order valence-electron chi connectivity index (χ0n) is 15.9. The minimum atomic E-state index is -3.97. The van der Waals surface area contributed by atoms with Crippen LogP contribution in [0.15, 0.2) is 71.6 Å². The van der Waals surface area contributed by atoms with Crippen LogP contribution in [0.25, 0.3) is 0 Å². The number of hydrogen-bond acceptors (Lipinski definition) is 5. The van der Waals surface area contributed by atoms with E-state index in [4.69, 9.17) is 16.3 Å². The number of sulfonamides is 1. The molecule has 0 radical (unpaired) electrons. The van der Waals surface area contributed by atoms with Crippen LogP contribution in [-0.4, -0.2) is 26.5 Å². The lowest BCUT2D eigenvalue weighted by molar-refractivity contribution is 0.102. The second-order valence-corrected chi connectivity index (χ2v) is 8.50. The summed E-state index contributed by atoms with van der Waals surface area (Å²) in [6.45, 7) is 0.343. The quantitative estimate of drug-likeness (QED) is 0.471. The van der Waals surface area contributed by atoms with Crippen molar-refractivity contribution >= 4 is 38.9 Å². The number of aromatic hydroxyl groups is 1. The summed E-state index contributed by atoms with van der Waals surface area (Å²) in [5, 5.41) is 13.0. The maximum atomic E-state index is 12.7. The molecule has 3 N–H and O–H groups in total. The van der Waals surface area contributed by atoms with E-state index < -0.39 is 15.9 Å². The third-order valence-electron chi connectivity index (χ3n) is 4.10. The Labute approximate surface area is 179 Å². The molecule has 156 valence electrons. The molecule has 0 bridgehead atoms. The van der Waals surface area contributed by atoms with E-state index in [-0.39, 0.29) is 22.0 Å². The van der Waals surface area contributed by atoms with Crippen molar-refractivity contribution in [3.8, 4) is 5.75 Å². The maximum absolute atomic E-state index is 12.7. The van der Waals surface area contributed by atoms with Crippen LogP contribution in [-0.2, 0) is 21.4 Å². The zero-order valence-corrected chi connectivity index (χ0v) is 17.5. The van der Waals surface area contributed by atoms with E-state index in [2.05, 4.69) is 10.0 Å². The fourth-order valence-electron chi connectivity index (χ4n) is 2.71. The van der Waals surface area contributed by atoms with Crippen LogP contribution in [0, 0.1) is 0 Å². The topological polar surface area (TPSA) is 105 Å². The summed E-state index contributed by atoms with van der Waals surface area (Å²) < 4.78 is 32.8. The van der Waals surface area contributed by atoms with Crippen molar-refractivity contribution in [3.63, 3.8) is 0 Å². The maximum Gasteiger partial charge on any atom is 0.261 e. The molecule has 7 nitrogen and oxygen atoms in total. The highest BCUT2D eigenvalue weighted by atomic mass is 35.5. The number of halogens is 1. The van der Waals surface area contributed by atoms with Crippen molar-refractivity contribution in [2.24, 2.45) is 0 Å². The molecule has 3 aromatic carbocycles. The van der Waals surface area contributed by atoms with Crippen LogP contribution in [0.4, 0.5) is 11.4 Å². The van der Waals surface area contributed by atoms with E-state index in [1.54, 1.807) is 43.5 Å². The first kappa shape index (κ1) is 21.6. The van der Waals surface area contributed by atoms with E-state index in [1.165, 1.54) is 24.3 Å². The summed E-state index contributed by atoms with van der Waals surface area (Å²) in [6, 6.07) is 16.6. The molecular formula is C21H19ClN2O5S. The van der Waals surface area contributed by atoms with Gasteiger partial charge in [-0.15, -0.1) is 0 Å². The minimum absolute atomic E-state index is 0.0360. The highest BCUT2D eigenvalue weighted by Gasteiger charge is 2.18. The Hall–Kier alpha value is -3.07. The van der Waals surface area contributed by atoms with Crippen LogP contribution >= 0.6 is 11.6 Å². The second kappa shape index (κ2) is 9.17. The molecule has 0 unspecified atom stereocenters. The number of phenolic OH excluding ortho intramolecular Hbond substituents is 1. The fraction of sp³-hybridized carbons (Fsp3) is 0.0952. The standard InChI is InChI=1S/C21H19ClN2O5S/c1-29-13-14-4-2-5-15(10-14)21(26)23-19-12-18(8-9-20(19)25)30(27,28)24-17-7-3-6-16(22)11-17/h2-12,24-25H,13H2,1H3,(H,23,26). The van der Waals surface area contributed by atoms with Gasteiger partial charge in [-0.2, -0.15) is 0 Å². The first-order chi connectivity index (χ1) is 14.3. The van der Waals surface area contributed by atoms with Crippen LogP contribution in [0.1, 0.15) is 15.9 Å². The number of hydrogen-bond donors (Lipinski definition) is 3. The summed E-state index contributed by atoms with van der Waals surface area (Å²) in [4.78, 5) is 12.4. The van der Waals surface area contributed by atoms with Crippen molar-refractivity contribution in [2.75, 3.05) is 17.1 Å². The van der Waals surface area contributed by atoms with E-state index >= 15 is 0 Å². The lowest BCUT2D eigenvalue weighted by atomic mass is 10.1. The first-order valence-electron chi connectivity index (χ1n) is 8.79. The molecule has 0 spiro atoms. The van der Waals surface area contributed by atoms with Crippen molar-refractivity contribution in [3.05, 3.63) is 82.9 Å². The molecule has 3 rings (SSSR count). The van der Waals surface area contributed by atoms with Gasteiger partial charge in [0.2, 0.25) is 0 Å². The van der Waals surface area contributed by atoms with Crippen molar-refractivity contribution in [1.29, 1.82) is 0 Å². The Morgan fingerprint density at radius 2 is 1.83 bits per heavy atom. The van der Waals surface area contributed by atoms with Crippen molar-refractivity contribution in [2.45, 2.75) is 11.5 Å². The van der Waals surface area contributed by atoms with Crippen molar-refractivity contribution < 1.29 is 23.1 Å². The van der Waals surface area contributed by atoms with Gasteiger partial charge in [-0.3, -0.25) is 9.52 Å². The predicted molar refractivity (Wildman–Crippen MR) is 115 cm³/mol. The van der Waals surface area contributed by atoms with Gasteiger partial charge in [-0.25, -0.2) is 8.42 Å². The zero-order chi connectivity index (χ0) is 21.7. The summed E-state index contributed by atoms with van der Waals surface area (Å²) in [5.74, 6) is -0.765. The number of ether oxygens (including phenoxy) is 1. The normalized spacial score (nSPS) is 11.1. The van der Waals surface area contributed by atoms with E-state index in [9.17, 15) is 18.3 Å². The molecule has 0 saturated carbocycles. The van der Waals surface area contributed by atoms with Gasteiger partial charge in [0.1, 0.15) is 5.75 Å². The van der Waals surface area contributed by atoms with Crippen LogP contribution in [0.3, 0.4) is 0 Å². The summed E-state index contributed by atoms with van der Waals surface area (Å²) in [6.07, 6.45) is 0. The molecule has 0 fully saturated rings. The number of carbonyl (C=O) groups excluding carboxylic acids is 1. The molecule has 0 aliphatic carbocycles. The third kappa shape index (κ3) is 5.29. The molecule has 0 aromatic heterocycles. The van der Waals surface area contributed by atoms with Gasteiger partial charge in [-0.1, -0.05) is 29.8 Å². The highest BCUT2D eigenvalue weighted by Crippen LogP contribution is 2.28. The molecule has 0 heterocycles. The molecule has 30 heavy (non-hydrogen) atoms. The molecule has 0 aliphatic rings. The number of anilines is 2. The number of methoxy groups -OCH3 is 1. The summed E-state index contributed by atoms with van der Waals surface area (Å²) in [5.41, 5.74) is 1.40. The van der Waals surface area contributed by atoms with Crippen LogP contribution in [0.2, 0.25) is 5.02 Å². The van der Waals surface area contributed by atoms with Gasteiger partial charge in [0.25, 0.3) is 15.9 Å². The highest BCUT2D eigenvalue weighted by molar-refractivity contribution is 7.92. The van der Waals surface area contributed by atoms with Crippen molar-refractivity contribution in [1.82, 2.24) is 0 Å². The SMILES string of the molecule is COCc1cccc(C(=O)Nc2cc(S(=O)(=O)Nc3cccc(Cl)c3)ccc2O)c1. The van der Waals surface area contributed by atoms with E-state index in [1.807, 2.05) is 6.07 Å². The second-order valence-electron chi connectivity index (χ2n) is 6.38. The number of carbonyl (C=O) groups is 1. The Balaban J connectivity index is 1.84. The number of nitrogens with one attached hydrogen (secondary N) is 2. The van der Waals surface area contributed by atoms with Crippen LogP contribution < -0.4 is 10.0 Å². The molecule has 0 atom stereocenters. The lowest BCUT2D eigenvalue weighted by Crippen LogP contribution is -2.15. The third-order valence-corrected chi connectivity index (χ3v) is 5.72. The predicted octanol–water partition coefficient (Wildman–Crippen LogP) is 4.25. The molecule has 9 heteroatoms. The Bertz CT molecular complexity index is 1180. The largest absolute Gasteiger partial charge is 0.506 e. The van der Waals surface area contributed by atoms with Gasteiger partial charge >= 0.3 is 0 Å². The summed E-state index contributed by atoms with van der Waals surface area (Å²) >= 11 is 5.89. The molecule has 1 amide bonds. The molecular weight excluding hydrogens is 428 g/mol. The first-order valence-corrected chi connectivity index (χ1v) is 10.7. The Kier molecular flexibility index (Phi) is 6.61. The average molecular weight is 447 g/mol. The van der Waals surface area contributed by atoms with E-state index in [0.29, 0.717) is 17.2 Å². The monoisotopic (exact) mass is 446 g/mol. The Morgan fingerprint density at radius 1 is 1.07 bits per heavy atom. The van der Waals surface area contributed by atoms with Gasteiger partial charge in [-0.05, 0) is 54.1 Å². The Morgan fingerprint density at radius 3 is 2.57 bits per heavy atom.